The molecule has 118 valence electrons. The van der Waals surface area contributed by atoms with Crippen LogP contribution in [0.25, 0.3) is 0 Å². The van der Waals surface area contributed by atoms with Crippen LogP contribution in [0, 0.1) is 0 Å². The fourth-order valence-corrected chi connectivity index (χ4v) is 3.71. The molecule has 8 heteroatoms. The van der Waals surface area contributed by atoms with Gasteiger partial charge in [0.05, 0.1) is 5.69 Å². The standard InChI is InChI=1S/C13H21N5OS.ClH/c1-2-11-12(20-16-15-11)13(19)18-7-5-17(6-8-18)10-3-4-14-9-10;/h10,14H,2-9H2,1H3;1H. The van der Waals surface area contributed by atoms with E-state index < -0.39 is 0 Å². The zero-order valence-electron chi connectivity index (χ0n) is 12.2. The van der Waals surface area contributed by atoms with Gasteiger partial charge in [0.1, 0.15) is 4.88 Å². The molecule has 1 unspecified atom stereocenters. The van der Waals surface area contributed by atoms with Crippen LogP contribution in [0.2, 0.25) is 0 Å². The molecular formula is C13H22ClN5OS. The van der Waals surface area contributed by atoms with Crippen molar-refractivity contribution in [3.63, 3.8) is 0 Å². The van der Waals surface area contributed by atoms with Gasteiger partial charge in [0.25, 0.3) is 5.91 Å². The predicted molar refractivity (Wildman–Crippen MR) is 85.3 cm³/mol. The minimum absolute atomic E-state index is 0. The van der Waals surface area contributed by atoms with Crippen molar-refractivity contribution in [3.8, 4) is 0 Å². The summed E-state index contributed by atoms with van der Waals surface area (Å²) in [5, 5.41) is 7.43. The molecule has 0 bridgehead atoms. The Hall–Kier alpha value is -0.760. The Bertz CT molecular complexity index is 469. The van der Waals surface area contributed by atoms with Gasteiger partial charge in [-0.05, 0) is 30.9 Å². The van der Waals surface area contributed by atoms with E-state index >= 15 is 0 Å². The zero-order valence-corrected chi connectivity index (χ0v) is 13.9. The van der Waals surface area contributed by atoms with E-state index in [0.717, 1.165) is 56.3 Å². The van der Waals surface area contributed by atoms with Crippen LogP contribution in [0.1, 0.15) is 28.7 Å². The topological polar surface area (TPSA) is 61.4 Å². The second-order valence-electron chi connectivity index (χ2n) is 5.38. The predicted octanol–water partition coefficient (Wildman–Crippen LogP) is 0.642. The fourth-order valence-electron chi connectivity index (χ4n) is 2.99. The van der Waals surface area contributed by atoms with Crippen molar-refractivity contribution in [1.29, 1.82) is 0 Å². The van der Waals surface area contributed by atoms with E-state index in [4.69, 9.17) is 0 Å². The second kappa shape index (κ2) is 7.49. The van der Waals surface area contributed by atoms with Gasteiger partial charge >= 0.3 is 0 Å². The summed E-state index contributed by atoms with van der Waals surface area (Å²) in [5.41, 5.74) is 0.836. The van der Waals surface area contributed by atoms with Gasteiger partial charge in [-0.1, -0.05) is 11.4 Å². The summed E-state index contributed by atoms with van der Waals surface area (Å²) in [6.07, 6.45) is 2.00. The maximum Gasteiger partial charge on any atom is 0.267 e. The highest BCUT2D eigenvalue weighted by molar-refractivity contribution is 7.08. The summed E-state index contributed by atoms with van der Waals surface area (Å²) in [6.45, 7) is 7.81. The highest BCUT2D eigenvalue weighted by Gasteiger charge is 2.29. The van der Waals surface area contributed by atoms with Gasteiger partial charge in [-0.15, -0.1) is 17.5 Å². The SMILES string of the molecule is CCc1nnsc1C(=O)N1CCN(C2CCNC2)CC1.Cl. The summed E-state index contributed by atoms with van der Waals surface area (Å²) in [6, 6.07) is 0.656. The molecule has 0 aromatic carbocycles. The summed E-state index contributed by atoms with van der Waals surface area (Å²) in [5.74, 6) is 0.112. The normalized spacial score (nSPS) is 23.1. The summed E-state index contributed by atoms with van der Waals surface area (Å²) in [4.78, 5) is 17.7. The minimum Gasteiger partial charge on any atom is -0.335 e. The molecule has 21 heavy (non-hydrogen) atoms. The van der Waals surface area contributed by atoms with Crippen LogP contribution < -0.4 is 5.32 Å². The van der Waals surface area contributed by atoms with Crippen molar-refractivity contribution in [2.45, 2.75) is 25.8 Å². The highest BCUT2D eigenvalue weighted by Crippen LogP contribution is 2.17. The van der Waals surface area contributed by atoms with Gasteiger partial charge in [0.15, 0.2) is 0 Å². The molecule has 1 aromatic rings. The number of amides is 1. The number of carbonyl (C=O) groups is 1. The lowest BCUT2D eigenvalue weighted by atomic mass is 10.2. The zero-order chi connectivity index (χ0) is 13.9. The van der Waals surface area contributed by atoms with Gasteiger partial charge in [-0.25, -0.2) is 0 Å². The highest BCUT2D eigenvalue weighted by atomic mass is 35.5. The van der Waals surface area contributed by atoms with Crippen molar-refractivity contribution in [2.75, 3.05) is 39.3 Å². The van der Waals surface area contributed by atoms with Gasteiger partial charge in [-0.2, -0.15) is 0 Å². The van der Waals surface area contributed by atoms with Crippen LogP contribution in [-0.2, 0) is 6.42 Å². The second-order valence-corrected chi connectivity index (χ2v) is 6.13. The van der Waals surface area contributed by atoms with Crippen LogP contribution in [0.5, 0.6) is 0 Å². The van der Waals surface area contributed by atoms with Crippen molar-refractivity contribution in [2.24, 2.45) is 0 Å². The first-order chi connectivity index (χ1) is 9.79. The van der Waals surface area contributed by atoms with Crippen molar-refractivity contribution in [3.05, 3.63) is 10.6 Å². The number of nitrogens with zero attached hydrogens (tertiary/aromatic N) is 4. The molecule has 2 fully saturated rings. The maximum atomic E-state index is 12.5. The Morgan fingerprint density at radius 1 is 1.38 bits per heavy atom. The molecule has 6 nitrogen and oxygen atoms in total. The molecule has 1 aromatic heterocycles. The number of piperazine rings is 1. The third-order valence-electron chi connectivity index (χ3n) is 4.24. The first kappa shape index (κ1) is 16.6. The maximum absolute atomic E-state index is 12.5. The van der Waals surface area contributed by atoms with E-state index in [9.17, 15) is 4.79 Å². The molecule has 0 aliphatic carbocycles. The monoisotopic (exact) mass is 331 g/mol. The molecule has 2 aliphatic rings. The molecular weight excluding hydrogens is 310 g/mol. The molecule has 3 heterocycles. The van der Waals surface area contributed by atoms with Crippen molar-refractivity contribution < 1.29 is 4.79 Å². The smallest absolute Gasteiger partial charge is 0.267 e. The molecule has 2 saturated heterocycles. The molecule has 0 saturated carbocycles. The van der Waals surface area contributed by atoms with Crippen LogP contribution in [0.15, 0.2) is 0 Å². The number of aryl methyl sites for hydroxylation is 1. The van der Waals surface area contributed by atoms with E-state index in [1.807, 2.05) is 11.8 Å². The van der Waals surface area contributed by atoms with E-state index in [1.54, 1.807) is 0 Å². The third-order valence-corrected chi connectivity index (χ3v) is 4.99. The molecule has 3 rings (SSSR count). The number of rotatable bonds is 3. The number of carbonyl (C=O) groups excluding carboxylic acids is 1. The Kier molecular flexibility index (Phi) is 5.92. The van der Waals surface area contributed by atoms with Gasteiger partial charge in [-0.3, -0.25) is 9.69 Å². The largest absolute Gasteiger partial charge is 0.335 e. The molecule has 1 N–H and O–H groups in total. The molecule has 1 amide bonds. The average Bonchev–Trinajstić information content (AvgIpc) is 3.17. The van der Waals surface area contributed by atoms with E-state index in [0.29, 0.717) is 6.04 Å². The number of halogens is 1. The molecule has 0 spiro atoms. The fraction of sp³-hybridized carbons (Fsp3) is 0.769. The Balaban J connectivity index is 0.00000161. The summed E-state index contributed by atoms with van der Waals surface area (Å²) < 4.78 is 3.91. The Labute approximate surface area is 135 Å². The lowest BCUT2D eigenvalue weighted by Crippen LogP contribution is -2.52. The molecule has 1 atom stereocenters. The minimum atomic E-state index is 0. The number of hydrogen-bond donors (Lipinski definition) is 1. The molecule has 0 radical (unpaired) electrons. The van der Waals surface area contributed by atoms with E-state index in [1.165, 1.54) is 18.0 Å². The van der Waals surface area contributed by atoms with Crippen LogP contribution in [-0.4, -0.2) is 70.6 Å². The van der Waals surface area contributed by atoms with Crippen molar-refractivity contribution >= 4 is 29.8 Å². The van der Waals surface area contributed by atoms with Crippen LogP contribution >= 0.6 is 23.9 Å². The Morgan fingerprint density at radius 2 is 2.14 bits per heavy atom. The number of nitrogens with one attached hydrogen (secondary N) is 1. The van der Waals surface area contributed by atoms with Crippen LogP contribution in [0.3, 0.4) is 0 Å². The average molecular weight is 332 g/mol. The van der Waals surface area contributed by atoms with Gasteiger partial charge < -0.3 is 10.2 Å². The Morgan fingerprint density at radius 3 is 2.76 bits per heavy atom. The van der Waals surface area contributed by atoms with E-state index in [-0.39, 0.29) is 18.3 Å². The van der Waals surface area contributed by atoms with Gasteiger partial charge in [0.2, 0.25) is 0 Å². The number of hydrogen-bond acceptors (Lipinski definition) is 6. The summed E-state index contributed by atoms with van der Waals surface area (Å²) in [7, 11) is 0. The van der Waals surface area contributed by atoms with Crippen LogP contribution in [0.4, 0.5) is 0 Å². The lowest BCUT2D eigenvalue weighted by molar-refractivity contribution is 0.0587. The van der Waals surface area contributed by atoms with Crippen molar-refractivity contribution in [1.82, 2.24) is 24.7 Å². The lowest BCUT2D eigenvalue weighted by Gasteiger charge is -2.37. The first-order valence-electron chi connectivity index (χ1n) is 7.35. The summed E-state index contributed by atoms with van der Waals surface area (Å²) >= 11 is 1.23. The number of aromatic nitrogens is 2. The van der Waals surface area contributed by atoms with E-state index in [2.05, 4.69) is 19.8 Å². The first-order valence-corrected chi connectivity index (χ1v) is 8.12. The third kappa shape index (κ3) is 3.53. The van der Waals surface area contributed by atoms with Gasteiger partial charge in [0, 0.05) is 38.8 Å². The quantitative estimate of drug-likeness (QED) is 0.881. The molecule has 2 aliphatic heterocycles.